The third-order valence-corrected chi connectivity index (χ3v) is 4.06. The highest BCUT2D eigenvalue weighted by Gasteiger charge is 2.42. The molecule has 27 heavy (non-hydrogen) atoms. The fourth-order valence-corrected chi connectivity index (χ4v) is 2.85. The molecule has 0 amide bonds. The normalized spacial score (nSPS) is 28.6. The molecule has 2 heterocycles. The summed E-state index contributed by atoms with van der Waals surface area (Å²) in [7, 11) is 0. The Balaban J connectivity index is 2.15. The summed E-state index contributed by atoms with van der Waals surface area (Å²) in [4.78, 5) is 36.2. The Hall–Kier alpha value is -2.77. The molecule has 1 saturated heterocycles. The van der Waals surface area contributed by atoms with E-state index >= 15 is 0 Å². The molecule has 1 unspecified atom stereocenters. The van der Waals surface area contributed by atoms with Crippen molar-refractivity contribution in [2.45, 2.75) is 65.0 Å². The molecule has 0 aromatic heterocycles. The summed E-state index contributed by atoms with van der Waals surface area (Å²) in [6.45, 7) is 6.83. The van der Waals surface area contributed by atoms with Crippen LogP contribution in [0, 0.1) is 0 Å². The minimum absolute atomic E-state index is 0.228. The smallest absolute Gasteiger partial charge is 0.348 e. The molecule has 8 heteroatoms. The van der Waals surface area contributed by atoms with Gasteiger partial charge in [0.15, 0.2) is 0 Å². The second-order valence-electron chi connectivity index (χ2n) is 6.70. The highest BCUT2D eigenvalue weighted by molar-refractivity contribution is 6.15. The van der Waals surface area contributed by atoms with Gasteiger partial charge in [-0.2, -0.15) is 0 Å². The van der Waals surface area contributed by atoms with Gasteiger partial charge in [0.05, 0.1) is 0 Å². The van der Waals surface area contributed by atoms with Gasteiger partial charge in [0.25, 0.3) is 17.5 Å². The zero-order valence-corrected chi connectivity index (χ0v) is 15.9. The second-order valence-corrected chi connectivity index (χ2v) is 6.70. The number of carbonyl (C=O) groups excluding carboxylic acids is 3. The molecule has 2 aliphatic rings. The summed E-state index contributed by atoms with van der Waals surface area (Å²) in [5, 5.41) is 9.97. The van der Waals surface area contributed by atoms with Crippen molar-refractivity contribution in [3.8, 4) is 0 Å². The molecule has 1 fully saturated rings. The van der Waals surface area contributed by atoms with Gasteiger partial charge in [-0.3, -0.25) is 0 Å². The Morgan fingerprint density at radius 1 is 0.852 bits per heavy atom. The number of ether oxygens (including phenoxy) is 4. The van der Waals surface area contributed by atoms with Gasteiger partial charge < -0.3 is 24.1 Å². The first-order valence-corrected chi connectivity index (χ1v) is 8.83. The van der Waals surface area contributed by atoms with E-state index in [9.17, 15) is 19.5 Å². The Morgan fingerprint density at radius 3 is 1.81 bits per heavy atom. The van der Waals surface area contributed by atoms with Crippen molar-refractivity contribution in [3.63, 3.8) is 0 Å². The van der Waals surface area contributed by atoms with E-state index in [1.54, 1.807) is 6.92 Å². The summed E-state index contributed by atoms with van der Waals surface area (Å²) in [5.41, 5.74) is -0.547. The van der Waals surface area contributed by atoms with Gasteiger partial charge >= 0.3 is 17.9 Å². The molecule has 0 radical (unpaired) electrons. The first-order valence-electron chi connectivity index (χ1n) is 8.83. The molecule has 0 aromatic rings. The van der Waals surface area contributed by atoms with Crippen LogP contribution in [0.15, 0.2) is 35.3 Å². The van der Waals surface area contributed by atoms with Crippen LogP contribution in [-0.2, 0) is 33.3 Å². The van der Waals surface area contributed by atoms with Crippen molar-refractivity contribution in [2.24, 2.45) is 0 Å². The minimum atomic E-state index is -1.28. The quantitative estimate of drug-likeness (QED) is 0.426. The zero-order chi connectivity index (χ0) is 20.2. The Labute approximate surface area is 157 Å². The Kier molecular flexibility index (Phi) is 5.98. The fourth-order valence-electron chi connectivity index (χ4n) is 2.85. The van der Waals surface area contributed by atoms with E-state index in [0.29, 0.717) is 25.7 Å². The third-order valence-electron chi connectivity index (χ3n) is 4.06. The maximum atomic E-state index is 12.1. The van der Waals surface area contributed by atoms with Crippen LogP contribution < -0.4 is 0 Å². The molecule has 0 aromatic carbocycles. The minimum Gasteiger partial charge on any atom is -0.480 e. The number of hydrogen-bond donors (Lipinski definition) is 1. The van der Waals surface area contributed by atoms with Gasteiger partial charge in [-0.1, -0.05) is 19.9 Å². The van der Waals surface area contributed by atoms with Gasteiger partial charge in [0, 0.05) is 26.7 Å². The lowest BCUT2D eigenvalue weighted by Gasteiger charge is -2.33. The van der Waals surface area contributed by atoms with Crippen LogP contribution in [0.4, 0.5) is 0 Å². The number of cyclic esters (lactones) is 3. The van der Waals surface area contributed by atoms with Gasteiger partial charge in [-0.05, 0) is 25.0 Å². The number of allylic oxidation sites excluding steroid dienone is 2. The molecular weight excluding hydrogens is 356 g/mol. The Morgan fingerprint density at radius 2 is 1.33 bits per heavy atom. The van der Waals surface area contributed by atoms with Crippen LogP contribution >= 0.6 is 0 Å². The molecule has 1 N–H and O–H groups in total. The predicted octanol–water partition coefficient (Wildman–Crippen LogP) is 2.94. The lowest BCUT2D eigenvalue weighted by Crippen LogP contribution is -2.44. The number of rotatable bonds is 6. The highest BCUT2D eigenvalue weighted by Crippen LogP contribution is 2.30. The van der Waals surface area contributed by atoms with E-state index in [2.05, 4.69) is 0 Å². The van der Waals surface area contributed by atoms with Crippen LogP contribution in [0.5, 0.6) is 0 Å². The maximum Gasteiger partial charge on any atom is 0.348 e. The summed E-state index contributed by atoms with van der Waals surface area (Å²) < 4.78 is 20.8. The van der Waals surface area contributed by atoms with E-state index < -0.39 is 35.4 Å². The molecule has 1 atom stereocenters. The SMILES string of the molecule is CCCC1(C)OC(=O)C(=CC=CC2=C(O)OC(C)(CCC)OC2=O)C(=O)O1. The molecule has 0 bridgehead atoms. The van der Waals surface area contributed by atoms with Crippen molar-refractivity contribution < 1.29 is 38.4 Å². The number of aliphatic hydroxyl groups excluding tert-OH is 1. The first kappa shape index (κ1) is 20.5. The van der Waals surface area contributed by atoms with Gasteiger partial charge in [-0.25, -0.2) is 14.4 Å². The number of carbonyl (C=O) groups is 3. The molecule has 8 nitrogen and oxygen atoms in total. The molecule has 2 rings (SSSR count). The summed E-state index contributed by atoms with van der Waals surface area (Å²) in [5.74, 6) is -5.50. The lowest BCUT2D eigenvalue weighted by atomic mass is 10.1. The van der Waals surface area contributed by atoms with Crippen molar-refractivity contribution in [3.05, 3.63) is 35.3 Å². The average molecular weight is 380 g/mol. The van der Waals surface area contributed by atoms with E-state index in [1.165, 1.54) is 19.1 Å². The number of esters is 3. The number of aliphatic hydroxyl groups is 1. The molecular formula is C19H24O8. The fraction of sp³-hybridized carbons (Fsp3) is 0.526. The molecule has 0 aliphatic carbocycles. The van der Waals surface area contributed by atoms with Crippen molar-refractivity contribution >= 4 is 17.9 Å². The van der Waals surface area contributed by atoms with Crippen molar-refractivity contribution in [2.75, 3.05) is 0 Å². The lowest BCUT2D eigenvalue weighted by molar-refractivity contribution is -0.233. The Bertz CT molecular complexity index is 710. The molecule has 2 aliphatic heterocycles. The van der Waals surface area contributed by atoms with E-state index in [0.717, 1.165) is 6.08 Å². The van der Waals surface area contributed by atoms with Crippen LogP contribution in [-0.4, -0.2) is 34.6 Å². The van der Waals surface area contributed by atoms with Gasteiger partial charge in [0.2, 0.25) is 0 Å². The molecule has 148 valence electrons. The third kappa shape index (κ3) is 4.69. The largest absolute Gasteiger partial charge is 0.480 e. The first-order chi connectivity index (χ1) is 12.6. The van der Waals surface area contributed by atoms with E-state index in [-0.39, 0.29) is 11.1 Å². The van der Waals surface area contributed by atoms with Crippen LogP contribution in [0.3, 0.4) is 0 Å². The average Bonchev–Trinajstić information content (AvgIpc) is 2.51. The van der Waals surface area contributed by atoms with Gasteiger partial charge in [0.1, 0.15) is 11.1 Å². The predicted molar refractivity (Wildman–Crippen MR) is 92.9 cm³/mol. The van der Waals surface area contributed by atoms with Crippen LogP contribution in [0.2, 0.25) is 0 Å². The summed E-state index contributed by atoms with van der Waals surface area (Å²) in [6, 6.07) is 0. The summed E-state index contributed by atoms with van der Waals surface area (Å²) >= 11 is 0. The monoisotopic (exact) mass is 380 g/mol. The number of hydrogen-bond acceptors (Lipinski definition) is 8. The van der Waals surface area contributed by atoms with E-state index in [1.807, 2.05) is 13.8 Å². The van der Waals surface area contributed by atoms with Crippen molar-refractivity contribution in [1.82, 2.24) is 0 Å². The zero-order valence-electron chi connectivity index (χ0n) is 15.9. The second kappa shape index (κ2) is 7.85. The standard InChI is InChI=1S/C19H24O8/c1-5-10-18(3)24-14(20)12(15(21)25-18)8-7-9-13-16(22)26-19(4,11-6-2)27-17(13)23/h7-9,20H,5-6,10-11H2,1-4H3. The van der Waals surface area contributed by atoms with E-state index in [4.69, 9.17) is 18.9 Å². The maximum absolute atomic E-state index is 12.1. The van der Waals surface area contributed by atoms with Gasteiger partial charge in [-0.15, -0.1) is 0 Å². The molecule has 0 saturated carbocycles. The summed E-state index contributed by atoms with van der Waals surface area (Å²) in [6.07, 6.45) is 5.71. The van der Waals surface area contributed by atoms with Crippen LogP contribution in [0.1, 0.15) is 53.4 Å². The topological polar surface area (TPSA) is 108 Å². The van der Waals surface area contributed by atoms with Crippen LogP contribution in [0.25, 0.3) is 0 Å². The highest BCUT2D eigenvalue weighted by atomic mass is 16.8. The molecule has 0 spiro atoms. The van der Waals surface area contributed by atoms with Crippen molar-refractivity contribution in [1.29, 1.82) is 0 Å².